The molecule has 0 saturated carbocycles. The van der Waals surface area contributed by atoms with Gasteiger partial charge in [-0.2, -0.15) is 0 Å². The molecule has 0 aliphatic carbocycles. The molecule has 0 spiro atoms. The van der Waals surface area contributed by atoms with Crippen molar-refractivity contribution in [2.24, 2.45) is 0 Å². The van der Waals surface area contributed by atoms with Crippen LogP contribution in [-0.4, -0.2) is 26.1 Å². The molecule has 1 aliphatic heterocycles. The fraction of sp³-hybridized carbons (Fsp3) is 0.765. The van der Waals surface area contributed by atoms with E-state index in [1.807, 2.05) is 6.08 Å². The van der Waals surface area contributed by atoms with E-state index in [-0.39, 0.29) is 11.7 Å². The molecule has 1 rings (SSSR count). The van der Waals surface area contributed by atoms with Gasteiger partial charge in [-0.15, -0.1) is 13.2 Å². The van der Waals surface area contributed by atoms with Gasteiger partial charge in [0.05, 0.1) is 17.8 Å². The van der Waals surface area contributed by atoms with Gasteiger partial charge in [-0.05, 0) is 65.6 Å². The average molecular weight is 297 g/mol. The Kier molecular flexibility index (Phi) is 6.23. The molecular formula is C17H32O2Si. The molecule has 2 nitrogen and oxygen atoms in total. The number of rotatable bonds is 8. The molecule has 20 heavy (non-hydrogen) atoms. The van der Waals surface area contributed by atoms with Crippen LogP contribution in [0.4, 0.5) is 0 Å². The molecule has 1 saturated heterocycles. The monoisotopic (exact) mass is 296 g/mol. The third-order valence-corrected chi connectivity index (χ3v) is 4.83. The third kappa shape index (κ3) is 5.55. The van der Waals surface area contributed by atoms with Gasteiger partial charge in [0, 0.05) is 0 Å². The summed E-state index contributed by atoms with van der Waals surface area (Å²) >= 11 is 0. The molecule has 0 N–H and O–H groups in total. The van der Waals surface area contributed by atoms with Crippen LogP contribution in [0.1, 0.15) is 46.0 Å². The first kappa shape index (κ1) is 17.7. The van der Waals surface area contributed by atoms with E-state index in [2.05, 4.69) is 46.6 Å². The molecule has 1 heterocycles. The Hall–Kier alpha value is -0.383. The fourth-order valence-electron chi connectivity index (χ4n) is 3.06. The van der Waals surface area contributed by atoms with Crippen LogP contribution in [-0.2, 0) is 9.16 Å². The highest BCUT2D eigenvalue weighted by molar-refractivity contribution is 6.69. The van der Waals surface area contributed by atoms with E-state index in [9.17, 15) is 0 Å². The second-order valence-corrected chi connectivity index (χ2v) is 11.8. The van der Waals surface area contributed by atoms with Gasteiger partial charge >= 0.3 is 0 Å². The van der Waals surface area contributed by atoms with Crippen molar-refractivity contribution >= 4 is 8.32 Å². The van der Waals surface area contributed by atoms with Gasteiger partial charge in [0.2, 0.25) is 0 Å². The maximum Gasteiger partial charge on any atom is 0.184 e. The number of ether oxygens (including phenoxy) is 1. The molecule has 0 unspecified atom stereocenters. The Bertz CT molecular complexity index is 345. The maximum atomic E-state index is 6.51. The largest absolute Gasteiger partial charge is 0.410 e. The Morgan fingerprint density at radius 1 is 1.40 bits per heavy atom. The van der Waals surface area contributed by atoms with Crippen LogP contribution in [0.15, 0.2) is 24.8 Å². The molecule has 0 aromatic heterocycles. The van der Waals surface area contributed by atoms with Gasteiger partial charge in [-0.25, -0.2) is 0 Å². The van der Waals surface area contributed by atoms with Crippen molar-refractivity contribution in [1.29, 1.82) is 0 Å². The lowest BCUT2D eigenvalue weighted by Gasteiger charge is -2.40. The van der Waals surface area contributed by atoms with Crippen LogP contribution in [0.25, 0.3) is 0 Å². The summed E-state index contributed by atoms with van der Waals surface area (Å²) in [4.78, 5) is 0. The van der Waals surface area contributed by atoms with Crippen molar-refractivity contribution in [3.05, 3.63) is 24.8 Å². The van der Waals surface area contributed by atoms with Crippen LogP contribution in [0, 0.1) is 0 Å². The van der Waals surface area contributed by atoms with Crippen LogP contribution in [0.5, 0.6) is 0 Å². The van der Waals surface area contributed by atoms with Gasteiger partial charge < -0.3 is 9.16 Å². The molecule has 1 aliphatic rings. The normalized spacial score (nSPS) is 26.2. The first-order valence-corrected chi connectivity index (χ1v) is 11.2. The Morgan fingerprint density at radius 3 is 2.55 bits per heavy atom. The molecule has 0 aromatic carbocycles. The van der Waals surface area contributed by atoms with Crippen molar-refractivity contribution < 1.29 is 9.16 Å². The lowest BCUT2D eigenvalue weighted by Crippen LogP contribution is -2.48. The lowest BCUT2D eigenvalue weighted by molar-refractivity contribution is -0.0853. The van der Waals surface area contributed by atoms with Crippen LogP contribution in [0.2, 0.25) is 19.6 Å². The molecule has 0 radical (unpaired) electrons. The smallest absolute Gasteiger partial charge is 0.184 e. The Balaban J connectivity index is 2.73. The number of allylic oxidation sites excluding steroid dienone is 1. The Morgan fingerprint density at radius 2 is 2.05 bits per heavy atom. The topological polar surface area (TPSA) is 18.5 Å². The zero-order valence-electron chi connectivity index (χ0n) is 14.0. The molecular weight excluding hydrogens is 264 g/mol. The van der Waals surface area contributed by atoms with Gasteiger partial charge in [0.15, 0.2) is 8.32 Å². The summed E-state index contributed by atoms with van der Waals surface area (Å²) in [7, 11) is -1.60. The van der Waals surface area contributed by atoms with Crippen molar-refractivity contribution in [3.63, 3.8) is 0 Å². The van der Waals surface area contributed by atoms with E-state index in [4.69, 9.17) is 9.16 Å². The molecule has 3 heteroatoms. The SMILES string of the molecule is C=CCC[C@@](C)(O[Si](C)(C)C)[C@H]1CC[C@@H](CC(=C)C)O1. The minimum atomic E-state index is -1.60. The summed E-state index contributed by atoms with van der Waals surface area (Å²) in [5.74, 6) is 0. The molecule has 0 aromatic rings. The molecule has 116 valence electrons. The fourth-order valence-corrected chi connectivity index (χ4v) is 4.69. The van der Waals surface area contributed by atoms with Crippen molar-refractivity contribution in [1.82, 2.24) is 0 Å². The second kappa shape index (κ2) is 7.06. The predicted octanol–water partition coefficient (Wildman–Crippen LogP) is 5.08. The minimum absolute atomic E-state index is 0.178. The molecule has 1 fully saturated rings. The van der Waals surface area contributed by atoms with E-state index in [1.165, 1.54) is 5.57 Å². The van der Waals surface area contributed by atoms with Crippen LogP contribution >= 0.6 is 0 Å². The predicted molar refractivity (Wildman–Crippen MR) is 89.6 cm³/mol. The second-order valence-electron chi connectivity index (χ2n) is 7.34. The van der Waals surface area contributed by atoms with Crippen LogP contribution < -0.4 is 0 Å². The molecule has 3 atom stereocenters. The zero-order valence-corrected chi connectivity index (χ0v) is 15.0. The lowest BCUT2D eigenvalue weighted by atomic mass is 9.91. The van der Waals surface area contributed by atoms with Crippen molar-refractivity contribution in [3.8, 4) is 0 Å². The standard InChI is InChI=1S/C17H32O2Si/c1-8-9-12-17(4,19-20(5,6)7)16-11-10-15(18-16)13-14(2)3/h8,15-16H,1-2,9-13H2,3-7H3/t15-,16+,17+/m0/s1. The maximum absolute atomic E-state index is 6.51. The highest BCUT2D eigenvalue weighted by atomic mass is 28.4. The first-order chi connectivity index (χ1) is 9.16. The summed E-state index contributed by atoms with van der Waals surface area (Å²) in [5, 5.41) is 0. The van der Waals surface area contributed by atoms with E-state index >= 15 is 0 Å². The number of hydrogen-bond donors (Lipinski definition) is 0. The Labute approximate surface area is 126 Å². The molecule has 0 amide bonds. The van der Waals surface area contributed by atoms with E-state index in [0.29, 0.717) is 6.10 Å². The van der Waals surface area contributed by atoms with Gasteiger partial charge in [-0.3, -0.25) is 0 Å². The summed E-state index contributed by atoms with van der Waals surface area (Å²) in [6, 6.07) is 0. The first-order valence-electron chi connectivity index (χ1n) is 7.77. The van der Waals surface area contributed by atoms with Gasteiger partial charge in [0.1, 0.15) is 0 Å². The summed E-state index contributed by atoms with van der Waals surface area (Å²) < 4.78 is 12.8. The van der Waals surface area contributed by atoms with Crippen molar-refractivity contribution in [2.45, 2.75) is 83.4 Å². The van der Waals surface area contributed by atoms with Gasteiger partial charge in [0.25, 0.3) is 0 Å². The number of hydrogen-bond acceptors (Lipinski definition) is 2. The highest BCUT2D eigenvalue weighted by Gasteiger charge is 2.43. The van der Waals surface area contributed by atoms with E-state index < -0.39 is 8.32 Å². The summed E-state index contributed by atoms with van der Waals surface area (Å²) in [5.41, 5.74) is 1.03. The highest BCUT2D eigenvalue weighted by Crippen LogP contribution is 2.37. The summed E-state index contributed by atoms with van der Waals surface area (Å²) in [6.45, 7) is 18.9. The zero-order chi connectivity index (χ0) is 15.4. The van der Waals surface area contributed by atoms with E-state index in [0.717, 1.165) is 32.1 Å². The average Bonchev–Trinajstić information content (AvgIpc) is 2.72. The van der Waals surface area contributed by atoms with E-state index in [1.54, 1.807) is 0 Å². The quantitative estimate of drug-likeness (QED) is 0.459. The minimum Gasteiger partial charge on any atom is -0.410 e. The molecule has 0 bridgehead atoms. The van der Waals surface area contributed by atoms with Gasteiger partial charge in [-0.1, -0.05) is 11.6 Å². The summed E-state index contributed by atoms with van der Waals surface area (Å²) in [6.07, 6.45) is 7.67. The van der Waals surface area contributed by atoms with Crippen LogP contribution in [0.3, 0.4) is 0 Å². The third-order valence-electron chi connectivity index (χ3n) is 3.75. The van der Waals surface area contributed by atoms with Crippen molar-refractivity contribution in [2.75, 3.05) is 0 Å².